The number of hydrogen-bond donors (Lipinski definition) is 0. The fourth-order valence-electron chi connectivity index (χ4n) is 12.7. The minimum atomic E-state index is -0.394. The summed E-state index contributed by atoms with van der Waals surface area (Å²) in [5, 5.41) is 0. The Kier molecular flexibility index (Phi) is 18.2. The van der Waals surface area contributed by atoms with Crippen LogP contribution in [0.4, 0.5) is 0 Å². The Morgan fingerprint density at radius 1 is 0.182 bits per heavy atom. The average molecular weight is 937 g/mol. The predicted octanol–water partition coefficient (Wildman–Crippen LogP) is 10.8. The van der Waals surface area contributed by atoms with Gasteiger partial charge in [-0.3, -0.25) is 0 Å². The van der Waals surface area contributed by atoms with Crippen LogP contribution in [0, 0.1) is 71.0 Å². The molecule has 12 heteroatoms. The van der Waals surface area contributed by atoms with Gasteiger partial charge in [-0.25, -0.2) is 0 Å². The third kappa shape index (κ3) is 10.3. The normalized spacial score (nSPS) is 55.4. The molecule has 384 valence electrons. The first kappa shape index (κ1) is 53.3. The van der Waals surface area contributed by atoms with E-state index in [9.17, 15) is 0 Å². The van der Waals surface area contributed by atoms with Crippen molar-refractivity contribution in [2.45, 2.75) is 274 Å². The first-order chi connectivity index (χ1) is 31.4. The first-order valence-electron chi connectivity index (χ1n) is 27.3. The van der Waals surface area contributed by atoms with Crippen molar-refractivity contribution < 1.29 is 56.8 Å². The van der Waals surface area contributed by atoms with Gasteiger partial charge in [0.15, 0.2) is 37.7 Å². The van der Waals surface area contributed by atoms with Crippen LogP contribution in [0.1, 0.15) is 163 Å². The van der Waals surface area contributed by atoms with Crippen molar-refractivity contribution in [1.82, 2.24) is 0 Å². The van der Waals surface area contributed by atoms with E-state index in [2.05, 4.69) is 125 Å². The topological polar surface area (TPSA) is 111 Å². The van der Waals surface area contributed by atoms with E-state index in [4.69, 9.17) is 56.8 Å². The molecule has 22 aliphatic heterocycles. The van der Waals surface area contributed by atoms with Crippen molar-refractivity contribution in [3.05, 3.63) is 0 Å². The zero-order chi connectivity index (χ0) is 48.0. The molecule has 12 unspecified atom stereocenters. The molecule has 0 aliphatic carbocycles. The third-order valence-electron chi connectivity index (χ3n) is 18.9. The maximum Gasteiger partial charge on any atom is 0.161 e. The Morgan fingerprint density at radius 3 is 0.409 bits per heavy atom. The quantitative estimate of drug-likeness (QED) is 0.253. The van der Waals surface area contributed by atoms with Gasteiger partial charge in [0, 0.05) is 35.5 Å². The molecule has 0 aromatic carbocycles. The fraction of sp³-hybridized carbons (Fsp3) is 1.00. The summed E-state index contributed by atoms with van der Waals surface area (Å²) in [6.45, 7) is 40.4. The van der Waals surface area contributed by atoms with Crippen LogP contribution in [0.5, 0.6) is 0 Å². The molecule has 22 aliphatic rings. The van der Waals surface area contributed by atoms with E-state index in [-0.39, 0.29) is 144 Å². The zero-order valence-electron chi connectivity index (χ0n) is 44.5. The molecule has 0 amide bonds. The van der Waals surface area contributed by atoms with Gasteiger partial charge in [-0.15, -0.1) is 0 Å². The highest BCUT2D eigenvalue weighted by Crippen LogP contribution is 2.47. The largest absolute Gasteiger partial charge is 0.346 e. The molecule has 0 aromatic rings. The lowest BCUT2D eigenvalue weighted by Gasteiger charge is -2.53. The summed E-state index contributed by atoms with van der Waals surface area (Å²) < 4.78 is 84.6. The molecule has 22 rings (SSSR count). The lowest BCUT2D eigenvalue weighted by atomic mass is 9.80. The maximum absolute atomic E-state index is 7.13. The molecule has 22 heterocycles. The summed E-state index contributed by atoms with van der Waals surface area (Å²) in [6.07, 6.45) is 0.613. The van der Waals surface area contributed by atoms with E-state index in [1.165, 1.54) is 0 Å². The van der Waals surface area contributed by atoms with Crippen LogP contribution in [0.25, 0.3) is 0 Å². The second-order valence-electron chi connectivity index (χ2n) is 22.6. The second-order valence-corrected chi connectivity index (χ2v) is 22.6. The van der Waals surface area contributed by atoms with Crippen molar-refractivity contribution in [3.63, 3.8) is 0 Å². The van der Waals surface area contributed by atoms with Gasteiger partial charge >= 0.3 is 0 Å². The van der Waals surface area contributed by atoms with Crippen LogP contribution >= 0.6 is 0 Å². The van der Waals surface area contributed by atoms with E-state index in [1.54, 1.807) is 0 Å². The standard InChI is InChI=1S/C54H96O12/c1-19-37-43-25(7)31(13)49(55-37)62-44-27(9)33(15)51(57-38(44)20-2)64-46-29(11)35(17)53(59-40(46)22-4)66-48-30(12)36(18)54(60-42(48)24-6)65-47-28(10)34(16)52(58-41(47)23-5)63-45-26(8)32(14)50(61-43)56-39(45)21-3/h25-54H,19-24H2,1-18H3/t25-,26-,27-,28-,29-,30-,31?,32?,33?,34?,35?,36?,37?,38?,39?,40?,41?,42?,43+,44+,45+,46+,47+,48+,49-,50-,51+,52+,53+,54+/m1/s1. The summed E-state index contributed by atoms with van der Waals surface area (Å²) in [6, 6.07) is 0. The van der Waals surface area contributed by atoms with Crippen molar-refractivity contribution in [2.75, 3.05) is 0 Å². The Labute approximate surface area is 400 Å². The molecule has 30 atom stereocenters. The number of hydrogen-bond acceptors (Lipinski definition) is 12. The van der Waals surface area contributed by atoms with E-state index in [0.29, 0.717) is 0 Å². The Morgan fingerprint density at radius 2 is 0.303 bits per heavy atom. The van der Waals surface area contributed by atoms with Crippen LogP contribution < -0.4 is 0 Å². The molecule has 12 bridgehead atoms. The monoisotopic (exact) mass is 937 g/mol. The average Bonchev–Trinajstić information content (AvgIpc) is 3.31. The maximum atomic E-state index is 7.13. The lowest BCUT2D eigenvalue weighted by molar-refractivity contribution is -0.376. The van der Waals surface area contributed by atoms with Crippen LogP contribution in [-0.4, -0.2) is 111 Å². The first-order valence-corrected chi connectivity index (χ1v) is 27.3. The summed E-state index contributed by atoms with van der Waals surface area (Å²) in [4.78, 5) is 0. The number of ether oxygens (including phenoxy) is 12. The van der Waals surface area contributed by atoms with Gasteiger partial charge in [-0.2, -0.15) is 0 Å². The predicted molar refractivity (Wildman–Crippen MR) is 253 cm³/mol. The zero-order valence-corrected chi connectivity index (χ0v) is 44.5. The van der Waals surface area contributed by atoms with Crippen molar-refractivity contribution in [3.8, 4) is 0 Å². The van der Waals surface area contributed by atoms with Crippen molar-refractivity contribution in [1.29, 1.82) is 0 Å². The van der Waals surface area contributed by atoms with E-state index in [1.807, 2.05) is 0 Å². The second kappa shape index (κ2) is 22.5. The molecule has 0 spiro atoms. The van der Waals surface area contributed by atoms with E-state index < -0.39 is 37.7 Å². The molecule has 0 saturated carbocycles. The van der Waals surface area contributed by atoms with Crippen molar-refractivity contribution >= 4 is 0 Å². The molecule has 0 radical (unpaired) electrons. The van der Waals surface area contributed by atoms with Crippen LogP contribution in [0.3, 0.4) is 0 Å². The highest BCUT2D eigenvalue weighted by atomic mass is 16.8. The third-order valence-corrected chi connectivity index (χ3v) is 18.9. The van der Waals surface area contributed by atoms with Gasteiger partial charge in [0.2, 0.25) is 0 Å². The molecule has 12 nitrogen and oxygen atoms in total. The Bertz CT molecular complexity index is 1210. The molecule has 22 saturated heterocycles. The van der Waals surface area contributed by atoms with Gasteiger partial charge in [0.1, 0.15) is 0 Å². The molecule has 0 aromatic heterocycles. The van der Waals surface area contributed by atoms with Gasteiger partial charge in [0.05, 0.1) is 73.2 Å². The van der Waals surface area contributed by atoms with Gasteiger partial charge in [-0.1, -0.05) is 125 Å². The highest BCUT2D eigenvalue weighted by Gasteiger charge is 2.55. The van der Waals surface area contributed by atoms with Crippen LogP contribution in [0.15, 0.2) is 0 Å². The lowest BCUT2D eigenvalue weighted by Crippen LogP contribution is -2.61. The number of rotatable bonds is 6. The Balaban J connectivity index is 1.19. The minimum Gasteiger partial charge on any atom is -0.346 e. The van der Waals surface area contributed by atoms with E-state index >= 15 is 0 Å². The molecular formula is C54H96O12. The van der Waals surface area contributed by atoms with Crippen molar-refractivity contribution in [2.24, 2.45) is 71.0 Å². The summed E-state index contributed by atoms with van der Waals surface area (Å²) in [5.41, 5.74) is 0. The smallest absolute Gasteiger partial charge is 0.161 e. The van der Waals surface area contributed by atoms with Gasteiger partial charge < -0.3 is 56.8 Å². The van der Waals surface area contributed by atoms with Crippen LogP contribution in [-0.2, 0) is 56.8 Å². The summed E-state index contributed by atoms with van der Waals surface area (Å²) >= 11 is 0. The van der Waals surface area contributed by atoms with Crippen LogP contribution in [0.2, 0.25) is 0 Å². The molecular weight excluding hydrogens is 841 g/mol. The molecule has 22 fully saturated rings. The fourth-order valence-corrected chi connectivity index (χ4v) is 12.7. The SMILES string of the molecule is CCC1O[C@@H]2O[C@@H]3C(CC)O[C@@H](O[C@@H]4C(CC)O[C@@H](O[C@@H]5C(CC)O[C@@H](O[C@@H]6C(CC)O[C@@H](O[C@@H]7C(CC)O[C@H](O[C@H]1[C@H](C)C2C)C(C)[C@H]7C)C(C)[C@H]6C)C(C)[C@H]5C)C(C)[C@H]4C)C(C)[C@H]3C. The van der Waals surface area contributed by atoms with Gasteiger partial charge in [0.25, 0.3) is 0 Å². The van der Waals surface area contributed by atoms with E-state index in [0.717, 1.165) is 38.5 Å². The minimum absolute atomic E-state index is 0.0792. The summed E-state index contributed by atoms with van der Waals surface area (Å²) in [5.74, 6) is 1.45. The molecule has 0 N–H and O–H groups in total. The van der Waals surface area contributed by atoms with Gasteiger partial charge in [-0.05, 0) is 74.0 Å². The summed E-state index contributed by atoms with van der Waals surface area (Å²) in [7, 11) is 0. The highest BCUT2D eigenvalue weighted by molar-refractivity contribution is 4.96. The Hall–Kier alpha value is -0.480. The molecule has 66 heavy (non-hydrogen) atoms.